The molecule has 0 N–H and O–H groups in total. The third kappa shape index (κ3) is 2.37. The molecule has 0 spiro atoms. The number of hydrogen-bond acceptors (Lipinski definition) is 5. The molecule has 4 rings (SSSR count). The zero-order valence-electron chi connectivity index (χ0n) is 15.2. The Morgan fingerprint density at radius 2 is 1.65 bits per heavy atom. The number of carbonyl (C=O) groups excluding carboxylic acids is 1. The van der Waals surface area contributed by atoms with E-state index in [-0.39, 0.29) is 5.91 Å². The molecular weight excluding hydrogens is 326 g/mol. The van der Waals surface area contributed by atoms with Gasteiger partial charge in [-0.05, 0) is 44.9 Å². The molecule has 0 bridgehead atoms. The Kier molecular flexibility index (Phi) is 3.57. The summed E-state index contributed by atoms with van der Waals surface area (Å²) >= 11 is 0. The molecule has 0 unspecified atom stereocenters. The third-order valence-corrected chi connectivity index (χ3v) is 4.89. The van der Waals surface area contributed by atoms with Crippen molar-refractivity contribution in [3.8, 4) is 11.1 Å². The number of hydrogen-bond donors (Lipinski definition) is 0. The fourth-order valence-corrected chi connectivity index (χ4v) is 3.31. The maximum absolute atomic E-state index is 13.2. The number of benzene rings is 1. The van der Waals surface area contributed by atoms with E-state index in [1.165, 1.54) is 6.33 Å². The van der Waals surface area contributed by atoms with Crippen LogP contribution in [0.4, 0.5) is 11.4 Å². The van der Waals surface area contributed by atoms with Gasteiger partial charge in [-0.25, -0.2) is 19.9 Å². The van der Waals surface area contributed by atoms with E-state index in [9.17, 15) is 4.79 Å². The Balaban J connectivity index is 1.91. The summed E-state index contributed by atoms with van der Waals surface area (Å²) in [5, 5.41) is 0. The van der Waals surface area contributed by atoms with Crippen LogP contribution < -0.4 is 4.90 Å². The van der Waals surface area contributed by atoms with Gasteiger partial charge in [0, 0.05) is 18.0 Å². The van der Waals surface area contributed by atoms with Crippen LogP contribution in [-0.4, -0.2) is 25.8 Å². The molecule has 0 saturated carbocycles. The van der Waals surface area contributed by atoms with Crippen molar-refractivity contribution < 1.29 is 4.79 Å². The van der Waals surface area contributed by atoms with Gasteiger partial charge in [0.05, 0.1) is 28.7 Å². The minimum Gasteiger partial charge on any atom is -0.277 e. The summed E-state index contributed by atoms with van der Waals surface area (Å²) in [6.07, 6.45) is 6.78. The van der Waals surface area contributed by atoms with E-state index in [1.807, 2.05) is 45.9 Å². The van der Waals surface area contributed by atoms with Gasteiger partial charge in [0.15, 0.2) is 0 Å². The Morgan fingerprint density at radius 1 is 0.923 bits per heavy atom. The van der Waals surface area contributed by atoms with Crippen molar-refractivity contribution in [1.29, 1.82) is 0 Å². The number of carbonyl (C=O) groups is 1. The van der Waals surface area contributed by atoms with Crippen LogP contribution in [0.25, 0.3) is 11.1 Å². The van der Waals surface area contributed by atoms with Gasteiger partial charge in [0.2, 0.25) is 5.91 Å². The normalized spacial score (nSPS) is 15.2. The van der Waals surface area contributed by atoms with Crippen LogP contribution in [0.1, 0.15) is 30.9 Å². The van der Waals surface area contributed by atoms with Gasteiger partial charge in [-0.1, -0.05) is 12.1 Å². The van der Waals surface area contributed by atoms with Gasteiger partial charge in [-0.15, -0.1) is 0 Å². The highest BCUT2D eigenvalue weighted by molar-refractivity contribution is 6.13. The Hall–Kier alpha value is -3.15. The van der Waals surface area contributed by atoms with Crippen LogP contribution in [0.15, 0.2) is 43.1 Å². The minimum atomic E-state index is -0.611. The first-order valence-corrected chi connectivity index (χ1v) is 8.44. The van der Waals surface area contributed by atoms with Crippen molar-refractivity contribution >= 4 is 17.3 Å². The summed E-state index contributed by atoms with van der Waals surface area (Å²) in [6.45, 7) is 7.63. The molecule has 1 aliphatic heterocycles. The standard InChI is InChI=1S/C20H19N5O/c1-12-18(10-21-11-24-12)25-17-7-14(15-8-22-13(2)23-9-15)5-6-16(17)20(3,4)19(25)26/h5-11H,1-4H3. The molecular formula is C20H19N5O. The molecule has 0 saturated heterocycles. The van der Waals surface area contributed by atoms with Crippen molar-refractivity contribution in [1.82, 2.24) is 19.9 Å². The second-order valence-electron chi connectivity index (χ2n) is 7.01. The van der Waals surface area contributed by atoms with Crippen LogP contribution in [0, 0.1) is 13.8 Å². The van der Waals surface area contributed by atoms with E-state index < -0.39 is 5.41 Å². The first-order chi connectivity index (χ1) is 12.4. The van der Waals surface area contributed by atoms with Crippen LogP contribution >= 0.6 is 0 Å². The van der Waals surface area contributed by atoms with Crippen molar-refractivity contribution in [3.05, 3.63) is 60.2 Å². The number of amides is 1. The molecule has 6 heteroatoms. The number of fused-ring (bicyclic) bond motifs is 1. The summed E-state index contributed by atoms with van der Waals surface area (Å²) < 4.78 is 0. The Labute approximate surface area is 152 Å². The summed E-state index contributed by atoms with van der Waals surface area (Å²) in [7, 11) is 0. The number of nitrogens with zero attached hydrogens (tertiary/aromatic N) is 5. The fraction of sp³-hybridized carbons (Fsp3) is 0.250. The van der Waals surface area contributed by atoms with E-state index in [0.717, 1.165) is 33.9 Å². The molecule has 3 aromatic rings. The molecule has 3 heterocycles. The van der Waals surface area contributed by atoms with Crippen LogP contribution in [0.2, 0.25) is 0 Å². The van der Waals surface area contributed by atoms with E-state index in [0.29, 0.717) is 5.69 Å². The lowest BCUT2D eigenvalue weighted by molar-refractivity contribution is -0.121. The zero-order chi connectivity index (χ0) is 18.5. The van der Waals surface area contributed by atoms with Gasteiger partial charge in [0.1, 0.15) is 12.2 Å². The fourth-order valence-electron chi connectivity index (χ4n) is 3.31. The monoisotopic (exact) mass is 345 g/mol. The van der Waals surface area contributed by atoms with E-state index in [2.05, 4.69) is 19.9 Å². The maximum Gasteiger partial charge on any atom is 0.241 e. The molecule has 26 heavy (non-hydrogen) atoms. The summed E-state index contributed by atoms with van der Waals surface area (Å²) in [4.78, 5) is 31.8. The molecule has 0 fully saturated rings. The largest absolute Gasteiger partial charge is 0.277 e. The predicted molar refractivity (Wildman–Crippen MR) is 99.1 cm³/mol. The predicted octanol–water partition coefficient (Wildman–Crippen LogP) is 3.51. The number of aryl methyl sites for hydroxylation is 2. The van der Waals surface area contributed by atoms with Crippen molar-refractivity contribution in [2.75, 3.05) is 4.90 Å². The lowest BCUT2D eigenvalue weighted by Gasteiger charge is -2.21. The first-order valence-electron chi connectivity index (χ1n) is 8.44. The molecule has 1 aliphatic rings. The van der Waals surface area contributed by atoms with Crippen molar-refractivity contribution in [2.24, 2.45) is 0 Å². The van der Waals surface area contributed by atoms with Gasteiger partial charge in [-0.2, -0.15) is 0 Å². The molecule has 1 aromatic carbocycles. The number of aromatic nitrogens is 4. The maximum atomic E-state index is 13.2. The zero-order valence-corrected chi connectivity index (χ0v) is 15.2. The van der Waals surface area contributed by atoms with E-state index in [4.69, 9.17) is 0 Å². The lowest BCUT2D eigenvalue weighted by atomic mass is 9.85. The van der Waals surface area contributed by atoms with Gasteiger partial charge in [-0.3, -0.25) is 9.69 Å². The summed E-state index contributed by atoms with van der Waals surface area (Å²) in [5.74, 6) is 0.743. The number of anilines is 2. The lowest BCUT2D eigenvalue weighted by Crippen LogP contribution is -2.33. The Morgan fingerprint density at radius 3 is 2.35 bits per heavy atom. The van der Waals surface area contributed by atoms with E-state index in [1.54, 1.807) is 23.5 Å². The first kappa shape index (κ1) is 16.3. The number of rotatable bonds is 2. The van der Waals surface area contributed by atoms with Crippen molar-refractivity contribution in [3.63, 3.8) is 0 Å². The average molecular weight is 345 g/mol. The van der Waals surface area contributed by atoms with Gasteiger partial charge < -0.3 is 0 Å². The molecule has 0 aliphatic carbocycles. The topological polar surface area (TPSA) is 71.9 Å². The smallest absolute Gasteiger partial charge is 0.241 e. The molecule has 0 atom stereocenters. The highest BCUT2D eigenvalue weighted by Crippen LogP contribution is 2.46. The van der Waals surface area contributed by atoms with Crippen LogP contribution in [0.3, 0.4) is 0 Å². The minimum absolute atomic E-state index is 0.0164. The molecule has 1 amide bonds. The van der Waals surface area contributed by atoms with Gasteiger partial charge >= 0.3 is 0 Å². The molecule has 0 radical (unpaired) electrons. The van der Waals surface area contributed by atoms with Crippen LogP contribution in [0.5, 0.6) is 0 Å². The molecule has 130 valence electrons. The van der Waals surface area contributed by atoms with Gasteiger partial charge in [0.25, 0.3) is 0 Å². The third-order valence-electron chi connectivity index (χ3n) is 4.89. The molecule has 6 nitrogen and oxygen atoms in total. The second kappa shape index (κ2) is 5.69. The molecule has 2 aromatic heterocycles. The Bertz CT molecular complexity index is 1010. The SMILES string of the molecule is Cc1ncc(-c2ccc3c(c2)N(c2cncnc2C)C(=O)C3(C)C)cn1. The highest BCUT2D eigenvalue weighted by atomic mass is 16.2. The average Bonchev–Trinajstić information content (AvgIpc) is 2.82. The van der Waals surface area contributed by atoms with E-state index >= 15 is 0 Å². The second-order valence-corrected chi connectivity index (χ2v) is 7.01. The summed E-state index contributed by atoms with van der Waals surface area (Å²) in [6, 6.07) is 6.05. The highest BCUT2D eigenvalue weighted by Gasteiger charge is 2.45. The summed E-state index contributed by atoms with van der Waals surface area (Å²) in [5.41, 5.74) is 4.59. The quantitative estimate of drug-likeness (QED) is 0.711. The van der Waals surface area contributed by atoms with Crippen LogP contribution in [-0.2, 0) is 10.2 Å². The van der Waals surface area contributed by atoms with Crippen molar-refractivity contribution in [2.45, 2.75) is 33.1 Å².